The fourth-order valence-corrected chi connectivity index (χ4v) is 2.82. The molecule has 2 N–H and O–H groups in total. The second-order valence-electron chi connectivity index (χ2n) is 5.71. The maximum Gasteiger partial charge on any atom is 0.239 e. The topological polar surface area (TPSA) is 91.0 Å². The van der Waals surface area contributed by atoms with E-state index in [4.69, 9.17) is 0 Å². The normalized spacial score (nSPS) is 13.5. The van der Waals surface area contributed by atoms with Gasteiger partial charge in [0.1, 0.15) is 0 Å². The summed E-state index contributed by atoms with van der Waals surface area (Å²) in [5.41, 5.74) is 0.942. The van der Waals surface area contributed by atoms with Crippen molar-refractivity contribution in [2.24, 2.45) is 0 Å². The number of aromatic amines is 1. The minimum atomic E-state index is -0.128. The highest BCUT2D eigenvalue weighted by Crippen LogP contribution is 2.19. The van der Waals surface area contributed by atoms with Crippen LogP contribution < -0.4 is 5.32 Å². The van der Waals surface area contributed by atoms with Crippen LogP contribution >= 0.6 is 11.8 Å². The number of benzene rings is 1. The number of H-pyrrole nitrogens is 1. The third kappa shape index (κ3) is 4.58. The zero-order valence-electron chi connectivity index (χ0n) is 13.4. The highest BCUT2D eigenvalue weighted by Gasteiger charge is 2.24. The second-order valence-corrected chi connectivity index (χ2v) is 6.66. The molecule has 2 aromatic rings. The molecule has 3 rings (SSSR count). The van der Waals surface area contributed by atoms with Gasteiger partial charge in [-0.15, -0.1) is 5.10 Å². The molecule has 0 spiro atoms. The Morgan fingerprint density at radius 1 is 1.33 bits per heavy atom. The molecular weight excluding hydrogens is 326 g/mol. The molecule has 126 valence electrons. The molecule has 2 amide bonds. The Balaban J connectivity index is 1.47. The Bertz CT molecular complexity index is 714. The number of carbonyl (C=O) groups is 2. The third-order valence-corrected chi connectivity index (χ3v) is 4.42. The van der Waals surface area contributed by atoms with Crippen molar-refractivity contribution < 1.29 is 9.59 Å². The number of nitrogens with zero attached hydrogens (tertiary/aromatic N) is 3. The summed E-state index contributed by atoms with van der Waals surface area (Å²) in [6.45, 7) is 0.0825. The number of amides is 2. The summed E-state index contributed by atoms with van der Waals surface area (Å²) in [6.07, 6.45) is 2.07. The maximum absolute atomic E-state index is 12.1. The summed E-state index contributed by atoms with van der Waals surface area (Å²) >= 11 is 1.25. The Kier molecular flexibility index (Phi) is 5.14. The number of rotatable bonds is 7. The molecule has 1 saturated carbocycles. The monoisotopic (exact) mass is 345 g/mol. The average molecular weight is 345 g/mol. The van der Waals surface area contributed by atoms with E-state index in [1.165, 1.54) is 16.7 Å². The molecule has 0 bridgehead atoms. The molecule has 1 aliphatic rings. The molecule has 0 aliphatic heterocycles. The van der Waals surface area contributed by atoms with Crippen molar-refractivity contribution >= 4 is 23.6 Å². The van der Waals surface area contributed by atoms with E-state index in [-0.39, 0.29) is 24.1 Å². The van der Waals surface area contributed by atoms with Crippen molar-refractivity contribution in [1.29, 1.82) is 0 Å². The average Bonchev–Trinajstić information content (AvgIpc) is 3.26. The van der Waals surface area contributed by atoms with Crippen molar-refractivity contribution in [3.8, 4) is 11.4 Å². The van der Waals surface area contributed by atoms with Gasteiger partial charge < -0.3 is 10.2 Å². The van der Waals surface area contributed by atoms with Gasteiger partial charge in [-0.25, -0.2) is 4.98 Å². The van der Waals surface area contributed by atoms with E-state index >= 15 is 0 Å². The molecule has 1 aromatic heterocycles. The highest BCUT2D eigenvalue weighted by molar-refractivity contribution is 7.99. The molecule has 0 saturated heterocycles. The van der Waals surface area contributed by atoms with Crippen LogP contribution in [0.4, 0.5) is 0 Å². The summed E-state index contributed by atoms with van der Waals surface area (Å²) < 4.78 is 0. The van der Waals surface area contributed by atoms with Gasteiger partial charge >= 0.3 is 0 Å². The number of hydrogen-bond donors (Lipinski definition) is 2. The Labute approximate surface area is 144 Å². The van der Waals surface area contributed by atoms with Gasteiger partial charge in [0, 0.05) is 18.7 Å². The zero-order valence-corrected chi connectivity index (χ0v) is 14.2. The number of nitrogens with one attached hydrogen (secondary N) is 2. The number of thioether (sulfide) groups is 1. The summed E-state index contributed by atoms with van der Waals surface area (Å²) in [5, 5.41) is 10.4. The van der Waals surface area contributed by atoms with E-state index < -0.39 is 0 Å². The van der Waals surface area contributed by atoms with Gasteiger partial charge in [0.15, 0.2) is 5.82 Å². The highest BCUT2D eigenvalue weighted by atomic mass is 32.2. The third-order valence-electron chi connectivity index (χ3n) is 3.59. The Morgan fingerprint density at radius 2 is 2.08 bits per heavy atom. The minimum Gasteiger partial charge on any atom is -0.352 e. The molecule has 8 heteroatoms. The van der Waals surface area contributed by atoms with Crippen molar-refractivity contribution in [1.82, 2.24) is 25.4 Å². The van der Waals surface area contributed by atoms with Crippen LogP contribution in [0.2, 0.25) is 0 Å². The molecule has 1 fully saturated rings. The molecule has 1 aliphatic carbocycles. The smallest absolute Gasteiger partial charge is 0.239 e. The van der Waals surface area contributed by atoms with Crippen molar-refractivity contribution in [3.05, 3.63) is 30.3 Å². The van der Waals surface area contributed by atoms with Gasteiger partial charge in [0.2, 0.25) is 17.0 Å². The zero-order chi connectivity index (χ0) is 16.9. The number of carbonyl (C=O) groups excluding carboxylic acids is 2. The lowest BCUT2D eigenvalue weighted by Crippen LogP contribution is -2.39. The molecule has 7 nitrogen and oxygen atoms in total. The van der Waals surface area contributed by atoms with E-state index in [0.717, 1.165) is 18.4 Å². The number of hydrogen-bond acceptors (Lipinski definition) is 5. The first-order valence-electron chi connectivity index (χ1n) is 7.76. The first-order chi connectivity index (χ1) is 11.6. The minimum absolute atomic E-state index is 0.0825. The molecule has 0 radical (unpaired) electrons. The molecule has 0 unspecified atom stereocenters. The molecular formula is C16H19N5O2S. The van der Waals surface area contributed by atoms with Crippen LogP contribution in [0.15, 0.2) is 35.5 Å². The van der Waals surface area contributed by atoms with Gasteiger partial charge in [-0.1, -0.05) is 42.1 Å². The van der Waals surface area contributed by atoms with E-state index in [9.17, 15) is 9.59 Å². The Hall–Kier alpha value is -2.35. The van der Waals surface area contributed by atoms with Crippen LogP contribution in [0.25, 0.3) is 11.4 Å². The quantitative estimate of drug-likeness (QED) is 0.738. The second kappa shape index (κ2) is 7.48. The Morgan fingerprint density at radius 3 is 2.79 bits per heavy atom. The van der Waals surface area contributed by atoms with Crippen LogP contribution in [-0.2, 0) is 9.59 Å². The van der Waals surface area contributed by atoms with Crippen molar-refractivity contribution in [2.75, 3.05) is 19.3 Å². The van der Waals surface area contributed by atoms with Crippen LogP contribution in [0.1, 0.15) is 12.8 Å². The summed E-state index contributed by atoms with van der Waals surface area (Å²) in [7, 11) is 1.63. The lowest BCUT2D eigenvalue weighted by atomic mass is 10.2. The van der Waals surface area contributed by atoms with E-state index in [2.05, 4.69) is 20.5 Å². The largest absolute Gasteiger partial charge is 0.352 e. The molecule has 1 aromatic carbocycles. The SMILES string of the molecule is CN(CC(=O)NC1CC1)C(=O)CSc1n[nH]c(-c2ccccc2)n1. The maximum atomic E-state index is 12.1. The predicted molar refractivity (Wildman–Crippen MR) is 91.3 cm³/mol. The fraction of sp³-hybridized carbons (Fsp3) is 0.375. The van der Waals surface area contributed by atoms with Crippen LogP contribution in [-0.4, -0.2) is 57.3 Å². The van der Waals surface area contributed by atoms with Crippen LogP contribution in [0, 0.1) is 0 Å². The number of likely N-dealkylation sites (N-methyl/N-ethyl adjacent to an activating group) is 1. The van der Waals surface area contributed by atoms with Crippen molar-refractivity contribution in [3.63, 3.8) is 0 Å². The van der Waals surface area contributed by atoms with Crippen LogP contribution in [0.3, 0.4) is 0 Å². The first-order valence-corrected chi connectivity index (χ1v) is 8.74. The fourth-order valence-electron chi connectivity index (χ4n) is 2.08. The lowest BCUT2D eigenvalue weighted by Gasteiger charge is -2.16. The van der Waals surface area contributed by atoms with E-state index in [1.54, 1.807) is 7.05 Å². The summed E-state index contributed by atoms with van der Waals surface area (Å²) in [6, 6.07) is 9.97. The van der Waals surface area contributed by atoms with E-state index in [1.807, 2.05) is 30.3 Å². The van der Waals surface area contributed by atoms with Gasteiger partial charge in [0.25, 0.3) is 0 Å². The van der Waals surface area contributed by atoms with E-state index in [0.29, 0.717) is 17.0 Å². The van der Waals surface area contributed by atoms with Crippen LogP contribution in [0.5, 0.6) is 0 Å². The molecule has 24 heavy (non-hydrogen) atoms. The standard InChI is InChI=1S/C16H19N5O2S/c1-21(9-13(22)17-12-7-8-12)14(23)10-24-16-18-15(19-20-16)11-5-3-2-4-6-11/h2-6,12H,7-10H2,1H3,(H,17,22)(H,18,19,20). The van der Waals surface area contributed by atoms with Gasteiger partial charge in [-0.3, -0.25) is 14.7 Å². The summed E-state index contributed by atoms with van der Waals surface area (Å²) in [4.78, 5) is 29.6. The molecule has 0 atom stereocenters. The first kappa shape index (κ1) is 16.5. The van der Waals surface area contributed by atoms with Gasteiger partial charge in [-0.05, 0) is 12.8 Å². The predicted octanol–water partition coefficient (Wildman–Crippen LogP) is 1.30. The van der Waals surface area contributed by atoms with Crippen molar-refractivity contribution in [2.45, 2.75) is 24.0 Å². The number of aromatic nitrogens is 3. The molecule has 1 heterocycles. The van der Waals surface area contributed by atoms with Gasteiger partial charge in [0.05, 0.1) is 12.3 Å². The lowest BCUT2D eigenvalue weighted by molar-refractivity contribution is -0.132. The summed E-state index contributed by atoms with van der Waals surface area (Å²) in [5.74, 6) is 0.626. The van der Waals surface area contributed by atoms with Gasteiger partial charge in [-0.2, -0.15) is 0 Å².